The van der Waals surface area contributed by atoms with Crippen LogP contribution in [0.1, 0.15) is 38.8 Å². The van der Waals surface area contributed by atoms with Gasteiger partial charge in [-0.25, -0.2) is 4.39 Å². The number of benzene rings is 1. The molecule has 114 valence electrons. The molecule has 0 aliphatic rings. The van der Waals surface area contributed by atoms with E-state index in [2.05, 4.69) is 19.2 Å². The number of hydrogen-bond acceptors (Lipinski definition) is 2. The molecule has 0 saturated heterocycles. The van der Waals surface area contributed by atoms with E-state index in [0.29, 0.717) is 23.1 Å². The molecule has 1 unspecified atom stereocenters. The Bertz CT molecular complexity index is 427. The Morgan fingerprint density at radius 2 is 1.95 bits per heavy atom. The molecular formula is C15H22Cl2FNO. The fourth-order valence-corrected chi connectivity index (χ4v) is 2.55. The molecule has 0 bridgehead atoms. The number of nitrogens with one attached hydrogen (secondary N) is 1. The Morgan fingerprint density at radius 1 is 1.25 bits per heavy atom. The summed E-state index contributed by atoms with van der Waals surface area (Å²) in [6, 6.07) is 2.71. The molecule has 0 spiro atoms. The molecule has 1 aromatic carbocycles. The monoisotopic (exact) mass is 321 g/mol. The second kappa shape index (κ2) is 8.83. The van der Waals surface area contributed by atoms with Crippen molar-refractivity contribution in [3.8, 4) is 0 Å². The molecule has 0 fully saturated rings. The van der Waals surface area contributed by atoms with E-state index in [1.165, 1.54) is 12.1 Å². The van der Waals surface area contributed by atoms with Crippen LogP contribution in [-0.2, 0) is 4.74 Å². The lowest BCUT2D eigenvalue weighted by atomic mass is 10.1. The molecule has 5 heteroatoms. The van der Waals surface area contributed by atoms with Crippen molar-refractivity contribution in [3.63, 3.8) is 0 Å². The van der Waals surface area contributed by atoms with Gasteiger partial charge in [0.05, 0.1) is 5.02 Å². The molecule has 1 aromatic rings. The largest absolute Gasteiger partial charge is 0.381 e. The van der Waals surface area contributed by atoms with Gasteiger partial charge in [0.1, 0.15) is 5.82 Å². The third kappa shape index (κ3) is 5.57. The molecule has 0 heterocycles. The van der Waals surface area contributed by atoms with E-state index in [1.54, 1.807) is 0 Å². The minimum absolute atomic E-state index is 0.0913. The number of halogens is 3. The molecule has 0 aromatic heterocycles. The van der Waals surface area contributed by atoms with Gasteiger partial charge in [-0.15, -0.1) is 0 Å². The van der Waals surface area contributed by atoms with E-state index >= 15 is 0 Å². The van der Waals surface area contributed by atoms with E-state index in [9.17, 15) is 4.39 Å². The third-order valence-corrected chi connectivity index (χ3v) is 3.59. The van der Waals surface area contributed by atoms with Gasteiger partial charge in [-0.05, 0) is 37.9 Å². The Morgan fingerprint density at radius 3 is 2.60 bits per heavy atom. The second-order valence-corrected chi connectivity index (χ2v) is 6.04. The van der Waals surface area contributed by atoms with Crippen LogP contribution in [0.5, 0.6) is 0 Å². The van der Waals surface area contributed by atoms with Crippen molar-refractivity contribution in [1.29, 1.82) is 0 Å². The first-order chi connectivity index (χ1) is 9.43. The number of rotatable bonds is 8. The van der Waals surface area contributed by atoms with Crippen LogP contribution in [0.25, 0.3) is 0 Å². The van der Waals surface area contributed by atoms with Gasteiger partial charge >= 0.3 is 0 Å². The van der Waals surface area contributed by atoms with E-state index < -0.39 is 5.82 Å². The maximum Gasteiger partial charge on any atom is 0.142 e. The third-order valence-electron chi connectivity index (χ3n) is 2.88. The van der Waals surface area contributed by atoms with E-state index in [1.807, 2.05) is 6.92 Å². The Kier molecular flexibility index (Phi) is 7.82. The van der Waals surface area contributed by atoms with Gasteiger partial charge in [-0.3, -0.25) is 0 Å². The molecule has 1 atom stereocenters. The molecule has 0 amide bonds. The van der Waals surface area contributed by atoms with E-state index in [0.717, 1.165) is 19.6 Å². The van der Waals surface area contributed by atoms with Gasteiger partial charge in [-0.1, -0.05) is 37.0 Å². The first-order valence-corrected chi connectivity index (χ1v) is 7.63. The van der Waals surface area contributed by atoms with Crippen molar-refractivity contribution in [2.45, 2.75) is 33.2 Å². The van der Waals surface area contributed by atoms with E-state index in [-0.39, 0.29) is 11.1 Å². The SMILES string of the molecule is CC(C)COCCCNC(C)c1c(Cl)ccc(F)c1Cl. The predicted octanol–water partition coefficient (Wildman–Crippen LogP) is 4.85. The van der Waals surface area contributed by atoms with Crippen LogP contribution in [0.15, 0.2) is 12.1 Å². The van der Waals surface area contributed by atoms with Gasteiger partial charge in [0, 0.05) is 29.8 Å². The normalized spacial score (nSPS) is 12.9. The maximum atomic E-state index is 13.4. The van der Waals surface area contributed by atoms with Crippen molar-refractivity contribution in [1.82, 2.24) is 5.32 Å². The summed E-state index contributed by atoms with van der Waals surface area (Å²) < 4.78 is 18.9. The fraction of sp³-hybridized carbons (Fsp3) is 0.600. The summed E-state index contributed by atoms with van der Waals surface area (Å²) in [5.41, 5.74) is 0.608. The standard InChI is InChI=1S/C15H22Cl2FNO/c1-10(2)9-20-8-4-7-19-11(3)14-12(16)5-6-13(18)15(14)17/h5-6,10-11,19H,4,7-9H2,1-3H3. The first kappa shape index (κ1) is 17.7. The average molecular weight is 322 g/mol. The van der Waals surface area contributed by atoms with Crippen molar-refractivity contribution in [2.75, 3.05) is 19.8 Å². The number of ether oxygens (including phenoxy) is 1. The van der Waals surface area contributed by atoms with Crippen molar-refractivity contribution in [3.05, 3.63) is 33.6 Å². The molecule has 0 aliphatic carbocycles. The first-order valence-electron chi connectivity index (χ1n) is 6.88. The minimum Gasteiger partial charge on any atom is -0.381 e. The summed E-state index contributed by atoms with van der Waals surface area (Å²) in [5, 5.41) is 3.85. The highest BCUT2D eigenvalue weighted by molar-refractivity contribution is 6.36. The molecule has 0 radical (unpaired) electrons. The van der Waals surface area contributed by atoms with Crippen molar-refractivity contribution < 1.29 is 9.13 Å². The lowest BCUT2D eigenvalue weighted by Crippen LogP contribution is -2.22. The molecule has 0 saturated carbocycles. The van der Waals surface area contributed by atoms with Crippen LogP contribution < -0.4 is 5.32 Å². The second-order valence-electron chi connectivity index (χ2n) is 5.25. The van der Waals surface area contributed by atoms with Crippen LogP contribution in [-0.4, -0.2) is 19.8 Å². The Hall–Kier alpha value is -0.350. The summed E-state index contributed by atoms with van der Waals surface area (Å²) >= 11 is 12.0. The van der Waals surface area contributed by atoms with Crippen LogP contribution >= 0.6 is 23.2 Å². The van der Waals surface area contributed by atoms with E-state index in [4.69, 9.17) is 27.9 Å². The zero-order chi connectivity index (χ0) is 15.1. The Labute approximate surface area is 130 Å². The van der Waals surface area contributed by atoms with Crippen LogP contribution in [0, 0.1) is 11.7 Å². The molecule has 1 rings (SSSR count). The summed E-state index contributed by atoms with van der Waals surface area (Å²) in [7, 11) is 0. The summed E-state index contributed by atoms with van der Waals surface area (Å²) in [4.78, 5) is 0. The maximum absolute atomic E-state index is 13.4. The number of hydrogen-bond donors (Lipinski definition) is 1. The topological polar surface area (TPSA) is 21.3 Å². The van der Waals surface area contributed by atoms with Gasteiger partial charge in [-0.2, -0.15) is 0 Å². The molecular weight excluding hydrogens is 300 g/mol. The Balaban J connectivity index is 2.40. The van der Waals surface area contributed by atoms with Gasteiger partial charge in [0.2, 0.25) is 0 Å². The summed E-state index contributed by atoms with van der Waals surface area (Å²) in [6.45, 7) is 8.41. The minimum atomic E-state index is -0.444. The summed E-state index contributed by atoms with van der Waals surface area (Å²) in [5.74, 6) is 0.103. The van der Waals surface area contributed by atoms with Crippen LogP contribution in [0.2, 0.25) is 10.0 Å². The smallest absolute Gasteiger partial charge is 0.142 e. The quantitative estimate of drug-likeness (QED) is 0.546. The molecule has 0 aliphatic heterocycles. The lowest BCUT2D eigenvalue weighted by Gasteiger charge is -2.17. The highest BCUT2D eigenvalue weighted by Gasteiger charge is 2.16. The van der Waals surface area contributed by atoms with Gasteiger partial charge < -0.3 is 10.1 Å². The zero-order valence-corrected chi connectivity index (χ0v) is 13.7. The highest BCUT2D eigenvalue weighted by atomic mass is 35.5. The molecule has 20 heavy (non-hydrogen) atoms. The molecule has 2 nitrogen and oxygen atoms in total. The lowest BCUT2D eigenvalue weighted by molar-refractivity contribution is 0.107. The zero-order valence-electron chi connectivity index (χ0n) is 12.2. The summed E-state index contributed by atoms with van der Waals surface area (Å²) in [6.07, 6.45) is 0.890. The van der Waals surface area contributed by atoms with Crippen molar-refractivity contribution >= 4 is 23.2 Å². The van der Waals surface area contributed by atoms with Crippen LogP contribution in [0.3, 0.4) is 0 Å². The van der Waals surface area contributed by atoms with Gasteiger partial charge in [0.15, 0.2) is 0 Å². The predicted molar refractivity (Wildman–Crippen MR) is 83.1 cm³/mol. The molecule has 1 N–H and O–H groups in total. The van der Waals surface area contributed by atoms with Crippen LogP contribution in [0.4, 0.5) is 4.39 Å². The average Bonchev–Trinajstić information content (AvgIpc) is 2.38. The van der Waals surface area contributed by atoms with Crippen molar-refractivity contribution in [2.24, 2.45) is 5.92 Å². The van der Waals surface area contributed by atoms with Gasteiger partial charge in [0.25, 0.3) is 0 Å². The highest BCUT2D eigenvalue weighted by Crippen LogP contribution is 2.32. The fourth-order valence-electron chi connectivity index (χ4n) is 1.85.